The molecule has 1 aliphatic heterocycles. The van der Waals surface area contributed by atoms with Crippen molar-refractivity contribution in [3.8, 4) is 5.75 Å². The average Bonchev–Trinajstić information content (AvgIpc) is 2.70. The van der Waals surface area contributed by atoms with Crippen LogP contribution < -0.4 is 14.5 Å². The summed E-state index contributed by atoms with van der Waals surface area (Å²) in [5.74, 6) is 2.87. The van der Waals surface area contributed by atoms with Crippen LogP contribution in [-0.4, -0.2) is 38.3 Å². The van der Waals surface area contributed by atoms with Gasteiger partial charge in [-0.3, -0.25) is 0 Å². The molecule has 0 unspecified atom stereocenters. The Morgan fingerprint density at radius 1 is 1.12 bits per heavy atom. The third-order valence-corrected chi connectivity index (χ3v) is 5.20. The molecule has 0 bridgehead atoms. The molecule has 1 aliphatic rings. The van der Waals surface area contributed by atoms with Gasteiger partial charge in [-0.15, -0.1) is 0 Å². The first-order valence-corrected chi connectivity index (χ1v) is 9.35. The summed E-state index contributed by atoms with van der Waals surface area (Å²) >= 11 is 0. The Labute approximate surface area is 151 Å². The molecule has 2 aromatic rings. The lowest BCUT2D eigenvalue weighted by Crippen LogP contribution is -2.35. The van der Waals surface area contributed by atoms with E-state index in [0.717, 1.165) is 43.7 Å². The van der Waals surface area contributed by atoms with Crippen LogP contribution >= 0.6 is 0 Å². The normalized spacial score (nSPS) is 15.2. The van der Waals surface area contributed by atoms with Gasteiger partial charge < -0.3 is 14.5 Å². The Bertz CT molecular complexity index is 639. The molecule has 0 saturated carbocycles. The predicted molar refractivity (Wildman–Crippen MR) is 105 cm³/mol. The molecule has 0 atom stereocenters. The Balaban J connectivity index is 1.51. The van der Waals surface area contributed by atoms with Crippen molar-refractivity contribution >= 4 is 11.5 Å². The van der Waals surface area contributed by atoms with E-state index in [1.807, 2.05) is 24.4 Å². The molecule has 0 N–H and O–H groups in total. The zero-order valence-corrected chi connectivity index (χ0v) is 15.4. The smallest absolute Gasteiger partial charge is 0.142 e. The number of pyridine rings is 1. The Hall–Kier alpha value is -2.23. The van der Waals surface area contributed by atoms with Gasteiger partial charge in [0.15, 0.2) is 0 Å². The number of piperidine rings is 1. The molecular weight excluding hydrogens is 310 g/mol. The summed E-state index contributed by atoms with van der Waals surface area (Å²) in [5.41, 5.74) is 1.23. The van der Waals surface area contributed by atoms with Crippen molar-refractivity contribution in [1.29, 1.82) is 0 Å². The zero-order chi connectivity index (χ0) is 17.5. The van der Waals surface area contributed by atoms with Gasteiger partial charge in [-0.05, 0) is 56.4 Å². The van der Waals surface area contributed by atoms with E-state index >= 15 is 0 Å². The summed E-state index contributed by atoms with van der Waals surface area (Å²) in [6, 6.07) is 14.5. The number of anilines is 2. The standard InChI is InChI=1S/C21H29N3O/c1-3-23(21-10-6-7-14-22-21)15-11-18-12-16-24(17-13-18)19-8-4-5-9-20(19)25-2/h4-10,14,18H,3,11-13,15-17H2,1-2H3. The molecule has 3 rings (SSSR count). The molecule has 1 aromatic carbocycles. The highest BCUT2D eigenvalue weighted by Crippen LogP contribution is 2.32. The lowest BCUT2D eigenvalue weighted by molar-refractivity contribution is 0.375. The van der Waals surface area contributed by atoms with Crippen LogP contribution in [0.5, 0.6) is 5.75 Å². The van der Waals surface area contributed by atoms with Gasteiger partial charge >= 0.3 is 0 Å². The molecule has 134 valence electrons. The van der Waals surface area contributed by atoms with Crippen LogP contribution in [-0.2, 0) is 0 Å². The van der Waals surface area contributed by atoms with E-state index in [2.05, 4.69) is 46.0 Å². The minimum Gasteiger partial charge on any atom is -0.495 e. The van der Waals surface area contributed by atoms with Crippen molar-refractivity contribution in [2.24, 2.45) is 5.92 Å². The summed E-state index contributed by atoms with van der Waals surface area (Å²) in [5, 5.41) is 0. The van der Waals surface area contributed by atoms with E-state index in [1.54, 1.807) is 7.11 Å². The van der Waals surface area contributed by atoms with Crippen LogP contribution in [0, 0.1) is 5.92 Å². The number of hydrogen-bond donors (Lipinski definition) is 0. The summed E-state index contributed by atoms with van der Waals surface area (Å²) in [4.78, 5) is 9.33. The minimum absolute atomic E-state index is 0.795. The maximum absolute atomic E-state index is 5.51. The summed E-state index contributed by atoms with van der Waals surface area (Å²) in [6.45, 7) is 6.53. The topological polar surface area (TPSA) is 28.6 Å². The van der Waals surface area contributed by atoms with Crippen molar-refractivity contribution in [2.75, 3.05) is 43.1 Å². The second kappa shape index (κ2) is 8.75. The van der Waals surface area contributed by atoms with E-state index < -0.39 is 0 Å². The van der Waals surface area contributed by atoms with Crippen LogP contribution in [0.2, 0.25) is 0 Å². The molecule has 4 nitrogen and oxygen atoms in total. The third-order valence-electron chi connectivity index (χ3n) is 5.20. The van der Waals surface area contributed by atoms with E-state index in [0.29, 0.717) is 0 Å². The summed E-state index contributed by atoms with van der Waals surface area (Å²) in [7, 11) is 1.75. The molecule has 1 saturated heterocycles. The fourth-order valence-corrected chi connectivity index (χ4v) is 3.67. The predicted octanol–water partition coefficient (Wildman–Crippen LogP) is 4.22. The maximum atomic E-state index is 5.51. The van der Waals surface area contributed by atoms with Crippen LogP contribution in [0.15, 0.2) is 48.7 Å². The molecule has 1 fully saturated rings. The van der Waals surface area contributed by atoms with E-state index in [9.17, 15) is 0 Å². The summed E-state index contributed by atoms with van der Waals surface area (Å²) in [6.07, 6.45) is 5.61. The molecule has 25 heavy (non-hydrogen) atoms. The van der Waals surface area contributed by atoms with Crippen LogP contribution in [0.25, 0.3) is 0 Å². The number of rotatable bonds is 7. The molecule has 0 aliphatic carbocycles. The number of ether oxygens (including phenoxy) is 1. The molecule has 0 radical (unpaired) electrons. The molecule has 1 aromatic heterocycles. The molecule has 4 heteroatoms. The number of para-hydroxylation sites is 2. The van der Waals surface area contributed by atoms with Gasteiger partial charge in [-0.2, -0.15) is 0 Å². The first kappa shape index (κ1) is 17.6. The number of hydrogen-bond acceptors (Lipinski definition) is 4. The second-order valence-electron chi connectivity index (χ2n) is 6.66. The molecule has 2 heterocycles. The fraction of sp³-hybridized carbons (Fsp3) is 0.476. The average molecular weight is 339 g/mol. The Morgan fingerprint density at radius 2 is 1.88 bits per heavy atom. The van der Waals surface area contributed by atoms with E-state index in [1.165, 1.54) is 24.9 Å². The first-order chi connectivity index (χ1) is 12.3. The van der Waals surface area contributed by atoms with E-state index in [-0.39, 0.29) is 0 Å². The van der Waals surface area contributed by atoms with Crippen molar-refractivity contribution in [3.63, 3.8) is 0 Å². The fourth-order valence-electron chi connectivity index (χ4n) is 3.67. The van der Waals surface area contributed by atoms with Gasteiger partial charge in [-0.25, -0.2) is 4.98 Å². The third kappa shape index (κ3) is 4.44. The minimum atomic E-state index is 0.795. The summed E-state index contributed by atoms with van der Waals surface area (Å²) < 4.78 is 5.51. The van der Waals surface area contributed by atoms with Gasteiger partial charge in [0.1, 0.15) is 11.6 Å². The van der Waals surface area contributed by atoms with E-state index in [4.69, 9.17) is 4.74 Å². The highest BCUT2D eigenvalue weighted by molar-refractivity contribution is 5.58. The van der Waals surface area contributed by atoms with Crippen molar-refractivity contribution in [2.45, 2.75) is 26.2 Å². The van der Waals surface area contributed by atoms with Gasteiger partial charge in [0, 0.05) is 32.4 Å². The Kier molecular flexibility index (Phi) is 6.15. The first-order valence-electron chi connectivity index (χ1n) is 9.35. The highest BCUT2D eigenvalue weighted by Gasteiger charge is 2.21. The van der Waals surface area contributed by atoms with Crippen molar-refractivity contribution in [3.05, 3.63) is 48.7 Å². The number of nitrogens with zero attached hydrogens (tertiary/aromatic N) is 3. The quantitative estimate of drug-likeness (QED) is 0.755. The maximum Gasteiger partial charge on any atom is 0.142 e. The number of aromatic nitrogens is 1. The van der Waals surface area contributed by atoms with Crippen LogP contribution in [0.4, 0.5) is 11.5 Å². The van der Waals surface area contributed by atoms with Crippen LogP contribution in [0.3, 0.4) is 0 Å². The lowest BCUT2D eigenvalue weighted by atomic mass is 9.93. The monoisotopic (exact) mass is 339 g/mol. The Morgan fingerprint density at radius 3 is 2.56 bits per heavy atom. The number of methoxy groups -OCH3 is 1. The van der Waals surface area contributed by atoms with Gasteiger partial charge in [0.2, 0.25) is 0 Å². The lowest BCUT2D eigenvalue weighted by Gasteiger charge is -2.35. The van der Waals surface area contributed by atoms with Gasteiger partial charge in [0.25, 0.3) is 0 Å². The molecule has 0 spiro atoms. The molecular formula is C21H29N3O. The molecule has 0 amide bonds. The van der Waals surface area contributed by atoms with Crippen LogP contribution in [0.1, 0.15) is 26.2 Å². The second-order valence-corrected chi connectivity index (χ2v) is 6.66. The zero-order valence-electron chi connectivity index (χ0n) is 15.4. The SMILES string of the molecule is CCN(CCC1CCN(c2ccccc2OC)CC1)c1ccccn1. The number of benzene rings is 1. The van der Waals surface area contributed by atoms with Crippen molar-refractivity contribution in [1.82, 2.24) is 4.98 Å². The largest absolute Gasteiger partial charge is 0.495 e. The van der Waals surface area contributed by atoms with Crippen molar-refractivity contribution < 1.29 is 4.74 Å². The van der Waals surface area contributed by atoms with Gasteiger partial charge in [-0.1, -0.05) is 18.2 Å². The highest BCUT2D eigenvalue weighted by atomic mass is 16.5. The van der Waals surface area contributed by atoms with Gasteiger partial charge in [0.05, 0.1) is 12.8 Å².